The van der Waals surface area contributed by atoms with E-state index in [1.807, 2.05) is 0 Å². The van der Waals surface area contributed by atoms with E-state index in [1.54, 1.807) is 0 Å². The second-order valence-electron chi connectivity index (χ2n) is 4.09. The molecule has 3 N–H and O–H groups in total. The largest absolute Gasteiger partial charge is 0.478 e. The molecular formula is C14H10ClFN2O3. The van der Waals surface area contributed by atoms with Gasteiger partial charge in [-0.3, -0.25) is 0 Å². The summed E-state index contributed by atoms with van der Waals surface area (Å²) in [7, 11) is 0. The van der Waals surface area contributed by atoms with Crippen LogP contribution in [0.2, 0.25) is 5.02 Å². The van der Waals surface area contributed by atoms with Gasteiger partial charge in [-0.05, 0) is 36.4 Å². The van der Waals surface area contributed by atoms with Crippen molar-refractivity contribution in [2.45, 2.75) is 0 Å². The molecule has 7 heteroatoms. The number of nitrogens with one attached hydrogen (secondary N) is 2. The van der Waals surface area contributed by atoms with Gasteiger partial charge in [0.05, 0.1) is 16.3 Å². The Morgan fingerprint density at radius 1 is 1.10 bits per heavy atom. The van der Waals surface area contributed by atoms with Crippen LogP contribution in [0.25, 0.3) is 0 Å². The molecule has 2 amide bonds. The van der Waals surface area contributed by atoms with Crippen molar-refractivity contribution < 1.29 is 19.1 Å². The van der Waals surface area contributed by atoms with Crippen molar-refractivity contribution in [2.24, 2.45) is 0 Å². The lowest BCUT2D eigenvalue weighted by Crippen LogP contribution is -2.19. The molecule has 2 rings (SSSR count). The van der Waals surface area contributed by atoms with Crippen LogP contribution in [0.5, 0.6) is 0 Å². The molecule has 0 aliphatic carbocycles. The fourth-order valence-electron chi connectivity index (χ4n) is 1.60. The third-order valence-corrected chi connectivity index (χ3v) is 2.86. The number of aromatic carboxylic acids is 1. The van der Waals surface area contributed by atoms with E-state index in [4.69, 9.17) is 16.7 Å². The standard InChI is InChI=1S/C14H10ClFN2O3/c15-11-6-8(13(19)20)4-5-12(11)18-14(21)17-10-3-1-2-9(16)7-10/h1-7H,(H,19,20)(H2,17,18,21). The van der Waals surface area contributed by atoms with Crippen LogP contribution in [0.4, 0.5) is 20.6 Å². The Labute approximate surface area is 124 Å². The number of carbonyl (C=O) groups excluding carboxylic acids is 1. The number of carbonyl (C=O) groups is 2. The number of carboxylic acids is 1. The van der Waals surface area contributed by atoms with Gasteiger partial charge in [-0.15, -0.1) is 0 Å². The fraction of sp³-hybridized carbons (Fsp3) is 0. The number of rotatable bonds is 3. The second-order valence-corrected chi connectivity index (χ2v) is 4.50. The summed E-state index contributed by atoms with van der Waals surface area (Å²) < 4.78 is 13.0. The van der Waals surface area contributed by atoms with Crippen LogP contribution in [0.15, 0.2) is 42.5 Å². The van der Waals surface area contributed by atoms with Gasteiger partial charge in [-0.2, -0.15) is 0 Å². The summed E-state index contributed by atoms with van der Waals surface area (Å²) >= 11 is 5.88. The Balaban J connectivity index is 2.08. The van der Waals surface area contributed by atoms with Crippen LogP contribution in [-0.2, 0) is 0 Å². The van der Waals surface area contributed by atoms with Crippen LogP contribution in [0, 0.1) is 5.82 Å². The summed E-state index contributed by atoms with van der Waals surface area (Å²) in [5, 5.41) is 13.8. The van der Waals surface area contributed by atoms with E-state index in [1.165, 1.54) is 36.4 Å². The molecule has 0 bridgehead atoms. The normalized spacial score (nSPS) is 10.0. The van der Waals surface area contributed by atoms with E-state index >= 15 is 0 Å². The number of urea groups is 1. The molecule has 0 unspecified atom stereocenters. The molecular weight excluding hydrogens is 299 g/mol. The van der Waals surface area contributed by atoms with Crippen molar-refractivity contribution in [3.8, 4) is 0 Å². The zero-order valence-corrected chi connectivity index (χ0v) is 11.3. The van der Waals surface area contributed by atoms with Gasteiger partial charge in [0.25, 0.3) is 0 Å². The van der Waals surface area contributed by atoms with E-state index in [9.17, 15) is 14.0 Å². The number of halogens is 2. The maximum absolute atomic E-state index is 13.0. The van der Waals surface area contributed by atoms with Gasteiger partial charge in [0.2, 0.25) is 0 Å². The van der Waals surface area contributed by atoms with Crippen molar-refractivity contribution in [3.63, 3.8) is 0 Å². The number of amides is 2. The van der Waals surface area contributed by atoms with E-state index in [0.717, 1.165) is 6.07 Å². The monoisotopic (exact) mass is 308 g/mol. The van der Waals surface area contributed by atoms with Gasteiger partial charge in [-0.25, -0.2) is 14.0 Å². The van der Waals surface area contributed by atoms with Crippen molar-refractivity contribution >= 4 is 35.0 Å². The van der Waals surface area contributed by atoms with E-state index in [0.29, 0.717) is 0 Å². The molecule has 0 spiro atoms. The Morgan fingerprint density at radius 2 is 1.86 bits per heavy atom. The minimum atomic E-state index is -1.12. The SMILES string of the molecule is O=C(Nc1cccc(F)c1)Nc1ccc(C(=O)O)cc1Cl. The number of carboxylic acid groups (broad SMARTS) is 1. The van der Waals surface area contributed by atoms with Gasteiger partial charge in [0, 0.05) is 5.69 Å². The fourth-order valence-corrected chi connectivity index (χ4v) is 1.83. The third kappa shape index (κ3) is 3.93. The lowest BCUT2D eigenvalue weighted by Gasteiger charge is -2.09. The van der Waals surface area contributed by atoms with Crippen LogP contribution in [-0.4, -0.2) is 17.1 Å². The summed E-state index contributed by atoms with van der Waals surface area (Å²) in [6, 6.07) is 8.69. The Bertz CT molecular complexity index is 706. The summed E-state index contributed by atoms with van der Waals surface area (Å²) in [6.07, 6.45) is 0. The first-order valence-electron chi connectivity index (χ1n) is 5.82. The zero-order valence-electron chi connectivity index (χ0n) is 10.6. The maximum atomic E-state index is 13.0. The first kappa shape index (κ1) is 14.8. The van der Waals surface area contributed by atoms with Crippen LogP contribution < -0.4 is 10.6 Å². The zero-order chi connectivity index (χ0) is 15.4. The molecule has 5 nitrogen and oxygen atoms in total. The Hall–Kier alpha value is -2.60. The summed E-state index contributed by atoms with van der Waals surface area (Å²) in [4.78, 5) is 22.5. The third-order valence-electron chi connectivity index (χ3n) is 2.55. The molecule has 0 radical (unpaired) electrons. The van der Waals surface area contributed by atoms with Crippen molar-refractivity contribution in [1.29, 1.82) is 0 Å². The van der Waals surface area contributed by atoms with Crippen molar-refractivity contribution in [1.82, 2.24) is 0 Å². The number of benzene rings is 2. The molecule has 0 aliphatic rings. The van der Waals surface area contributed by atoms with E-state index in [-0.39, 0.29) is 22.0 Å². The topological polar surface area (TPSA) is 78.4 Å². The molecule has 0 aromatic heterocycles. The molecule has 0 heterocycles. The van der Waals surface area contributed by atoms with Gasteiger partial charge in [-0.1, -0.05) is 17.7 Å². The van der Waals surface area contributed by atoms with E-state index in [2.05, 4.69) is 10.6 Å². The number of hydrogen-bond donors (Lipinski definition) is 3. The highest BCUT2D eigenvalue weighted by Crippen LogP contribution is 2.23. The summed E-state index contributed by atoms with van der Waals surface area (Å²) in [5.41, 5.74) is 0.539. The Morgan fingerprint density at radius 3 is 2.48 bits per heavy atom. The van der Waals surface area contributed by atoms with Gasteiger partial charge < -0.3 is 15.7 Å². The van der Waals surface area contributed by atoms with Gasteiger partial charge in [0.15, 0.2) is 0 Å². The first-order chi connectivity index (χ1) is 9.95. The lowest BCUT2D eigenvalue weighted by atomic mass is 10.2. The average Bonchev–Trinajstić information content (AvgIpc) is 2.40. The maximum Gasteiger partial charge on any atom is 0.335 e. The number of anilines is 2. The van der Waals surface area contributed by atoms with E-state index < -0.39 is 17.8 Å². The second kappa shape index (κ2) is 6.23. The highest BCUT2D eigenvalue weighted by atomic mass is 35.5. The lowest BCUT2D eigenvalue weighted by molar-refractivity contribution is 0.0697. The summed E-state index contributed by atoms with van der Waals surface area (Å²) in [5.74, 6) is -1.59. The van der Waals surface area contributed by atoms with Crippen molar-refractivity contribution in [3.05, 3.63) is 58.9 Å². The Kier molecular flexibility index (Phi) is 4.39. The molecule has 0 atom stereocenters. The van der Waals surface area contributed by atoms with Crippen LogP contribution >= 0.6 is 11.6 Å². The van der Waals surface area contributed by atoms with Crippen molar-refractivity contribution in [2.75, 3.05) is 10.6 Å². The number of hydrogen-bond acceptors (Lipinski definition) is 2. The van der Waals surface area contributed by atoms with Crippen LogP contribution in [0.3, 0.4) is 0 Å². The van der Waals surface area contributed by atoms with Crippen LogP contribution in [0.1, 0.15) is 10.4 Å². The minimum Gasteiger partial charge on any atom is -0.478 e. The van der Waals surface area contributed by atoms with Gasteiger partial charge >= 0.3 is 12.0 Å². The molecule has 0 saturated carbocycles. The smallest absolute Gasteiger partial charge is 0.335 e. The molecule has 21 heavy (non-hydrogen) atoms. The first-order valence-corrected chi connectivity index (χ1v) is 6.20. The van der Waals surface area contributed by atoms with Gasteiger partial charge in [0.1, 0.15) is 5.82 Å². The highest BCUT2D eigenvalue weighted by molar-refractivity contribution is 6.34. The molecule has 0 fully saturated rings. The molecule has 108 valence electrons. The molecule has 2 aromatic rings. The highest BCUT2D eigenvalue weighted by Gasteiger charge is 2.10. The molecule has 0 saturated heterocycles. The quantitative estimate of drug-likeness (QED) is 0.806. The summed E-state index contributed by atoms with van der Waals surface area (Å²) in [6.45, 7) is 0. The predicted molar refractivity (Wildman–Crippen MR) is 77.5 cm³/mol. The minimum absolute atomic E-state index is 0.0103. The predicted octanol–water partition coefficient (Wildman–Crippen LogP) is 3.82. The average molecular weight is 309 g/mol. The molecule has 2 aromatic carbocycles. The molecule has 0 aliphatic heterocycles.